The van der Waals surface area contributed by atoms with Crippen LogP contribution in [0.5, 0.6) is 0 Å². The fourth-order valence-electron chi connectivity index (χ4n) is 2.05. The number of rotatable bonds is 1. The molecule has 1 aliphatic heterocycles. The van der Waals surface area contributed by atoms with E-state index in [0.717, 1.165) is 24.7 Å². The summed E-state index contributed by atoms with van der Waals surface area (Å²) in [4.78, 5) is 1.39. The average Bonchev–Trinajstić information content (AvgIpc) is 2.73. The molecule has 16 heavy (non-hydrogen) atoms. The van der Waals surface area contributed by atoms with E-state index >= 15 is 0 Å². The summed E-state index contributed by atoms with van der Waals surface area (Å²) in [6, 6.07) is 8.80. The number of hydrogen-bond acceptors (Lipinski definition) is 3. The molecule has 0 amide bonds. The van der Waals surface area contributed by atoms with Crippen molar-refractivity contribution in [3.05, 3.63) is 34.2 Å². The van der Waals surface area contributed by atoms with Crippen LogP contribution < -0.4 is 10.6 Å². The van der Waals surface area contributed by atoms with Crippen LogP contribution in [-0.4, -0.2) is 19.6 Å². The van der Waals surface area contributed by atoms with Crippen LogP contribution in [0, 0.1) is 0 Å². The van der Waals surface area contributed by atoms with Crippen LogP contribution in [0.25, 0.3) is 10.1 Å². The largest absolute Gasteiger partial charge is 0.314 e. The lowest BCUT2D eigenvalue weighted by atomic mass is 10.2. The van der Waals surface area contributed by atoms with Crippen molar-refractivity contribution in [1.82, 2.24) is 10.6 Å². The lowest BCUT2D eigenvalue weighted by Crippen LogP contribution is -2.42. The molecule has 3 rings (SSSR count). The van der Waals surface area contributed by atoms with E-state index in [1.54, 1.807) is 0 Å². The van der Waals surface area contributed by atoms with Gasteiger partial charge in [-0.1, -0.05) is 17.7 Å². The molecule has 0 saturated carbocycles. The van der Waals surface area contributed by atoms with Crippen molar-refractivity contribution in [2.24, 2.45) is 0 Å². The van der Waals surface area contributed by atoms with Crippen LogP contribution in [0.4, 0.5) is 0 Å². The molecule has 2 heterocycles. The molecule has 0 spiro atoms. The molecule has 1 saturated heterocycles. The maximum atomic E-state index is 5.99. The SMILES string of the molecule is Clc1ccc2cc(C3CNCCN3)sc2c1. The molecule has 1 aromatic carbocycles. The van der Waals surface area contributed by atoms with Gasteiger partial charge in [0.15, 0.2) is 0 Å². The van der Waals surface area contributed by atoms with Crippen molar-refractivity contribution < 1.29 is 0 Å². The highest BCUT2D eigenvalue weighted by Crippen LogP contribution is 2.31. The second kappa shape index (κ2) is 4.34. The summed E-state index contributed by atoms with van der Waals surface area (Å²) in [5.74, 6) is 0. The number of thiophene rings is 1. The van der Waals surface area contributed by atoms with Gasteiger partial charge in [-0.3, -0.25) is 0 Å². The van der Waals surface area contributed by atoms with E-state index in [-0.39, 0.29) is 0 Å². The summed E-state index contributed by atoms with van der Waals surface area (Å²) in [5.41, 5.74) is 0. The first-order valence-corrected chi connectivity index (χ1v) is 6.65. The Kier molecular flexibility index (Phi) is 2.86. The Hall–Kier alpha value is -0.610. The molecule has 1 aromatic heterocycles. The molecule has 2 aromatic rings. The van der Waals surface area contributed by atoms with Gasteiger partial charge < -0.3 is 10.6 Å². The lowest BCUT2D eigenvalue weighted by molar-refractivity contribution is 0.435. The monoisotopic (exact) mass is 252 g/mol. The van der Waals surface area contributed by atoms with Crippen molar-refractivity contribution in [1.29, 1.82) is 0 Å². The first-order valence-electron chi connectivity index (χ1n) is 5.46. The first-order chi connectivity index (χ1) is 7.83. The summed E-state index contributed by atoms with van der Waals surface area (Å²) in [6.07, 6.45) is 0. The van der Waals surface area contributed by atoms with Gasteiger partial charge in [0.1, 0.15) is 0 Å². The number of fused-ring (bicyclic) bond motifs is 1. The zero-order valence-corrected chi connectivity index (χ0v) is 10.4. The third kappa shape index (κ3) is 1.96. The fourth-order valence-corrected chi connectivity index (χ4v) is 3.47. The second-order valence-corrected chi connectivity index (χ2v) is 5.59. The summed E-state index contributed by atoms with van der Waals surface area (Å²) >= 11 is 7.82. The number of benzene rings is 1. The molecule has 4 heteroatoms. The molecule has 1 unspecified atom stereocenters. The fraction of sp³-hybridized carbons (Fsp3) is 0.333. The Morgan fingerprint density at radius 3 is 3.00 bits per heavy atom. The first kappa shape index (κ1) is 10.5. The second-order valence-electron chi connectivity index (χ2n) is 4.04. The van der Waals surface area contributed by atoms with Crippen molar-refractivity contribution >= 4 is 33.0 Å². The van der Waals surface area contributed by atoms with Gasteiger partial charge in [0, 0.05) is 34.2 Å². The molecular weight excluding hydrogens is 240 g/mol. The van der Waals surface area contributed by atoms with Crippen molar-refractivity contribution in [3.8, 4) is 0 Å². The number of hydrogen-bond donors (Lipinski definition) is 2. The van der Waals surface area contributed by atoms with Crippen molar-refractivity contribution in [2.75, 3.05) is 19.6 Å². The minimum absolute atomic E-state index is 0.449. The Morgan fingerprint density at radius 1 is 1.25 bits per heavy atom. The molecule has 84 valence electrons. The van der Waals surface area contributed by atoms with E-state index in [0.29, 0.717) is 6.04 Å². The molecule has 0 bridgehead atoms. The Bertz CT molecular complexity index is 503. The summed E-state index contributed by atoms with van der Waals surface area (Å²) < 4.78 is 1.27. The quantitative estimate of drug-likeness (QED) is 0.816. The predicted molar refractivity (Wildman–Crippen MR) is 70.4 cm³/mol. The number of piperazine rings is 1. The van der Waals surface area contributed by atoms with Crippen molar-refractivity contribution in [2.45, 2.75) is 6.04 Å². The van der Waals surface area contributed by atoms with Crippen LogP contribution in [0.3, 0.4) is 0 Å². The zero-order valence-electron chi connectivity index (χ0n) is 8.79. The van der Waals surface area contributed by atoms with E-state index in [1.165, 1.54) is 15.0 Å². The maximum absolute atomic E-state index is 5.99. The highest BCUT2D eigenvalue weighted by molar-refractivity contribution is 7.19. The molecule has 0 radical (unpaired) electrons. The molecule has 1 atom stereocenters. The molecule has 1 fully saturated rings. The minimum Gasteiger partial charge on any atom is -0.314 e. The normalized spacial score (nSPS) is 21.4. The van der Waals surface area contributed by atoms with Gasteiger partial charge >= 0.3 is 0 Å². The molecule has 0 aliphatic carbocycles. The Balaban J connectivity index is 1.97. The van der Waals surface area contributed by atoms with Gasteiger partial charge in [-0.25, -0.2) is 0 Å². The smallest absolute Gasteiger partial charge is 0.0542 e. The summed E-state index contributed by atoms with van der Waals surface area (Å²) in [7, 11) is 0. The van der Waals surface area contributed by atoms with E-state index in [1.807, 2.05) is 23.5 Å². The average molecular weight is 253 g/mol. The molecule has 2 nitrogen and oxygen atoms in total. The highest BCUT2D eigenvalue weighted by Gasteiger charge is 2.16. The van der Waals surface area contributed by atoms with Crippen LogP contribution in [0.1, 0.15) is 10.9 Å². The topological polar surface area (TPSA) is 24.1 Å². The zero-order chi connectivity index (χ0) is 11.0. The Morgan fingerprint density at radius 2 is 2.19 bits per heavy atom. The van der Waals surface area contributed by atoms with Gasteiger partial charge in [0.2, 0.25) is 0 Å². The maximum Gasteiger partial charge on any atom is 0.0542 e. The van der Waals surface area contributed by atoms with Gasteiger partial charge in [-0.2, -0.15) is 0 Å². The van der Waals surface area contributed by atoms with E-state index in [2.05, 4.69) is 22.8 Å². The number of halogens is 1. The summed E-state index contributed by atoms with van der Waals surface area (Å²) in [5, 5.41) is 9.04. The van der Waals surface area contributed by atoms with Crippen LogP contribution >= 0.6 is 22.9 Å². The third-order valence-electron chi connectivity index (χ3n) is 2.89. The van der Waals surface area contributed by atoms with E-state index < -0.39 is 0 Å². The molecular formula is C12H13ClN2S. The van der Waals surface area contributed by atoms with Gasteiger partial charge in [0.05, 0.1) is 6.04 Å². The van der Waals surface area contributed by atoms with Gasteiger partial charge in [-0.15, -0.1) is 11.3 Å². The van der Waals surface area contributed by atoms with Crippen LogP contribution in [0.15, 0.2) is 24.3 Å². The number of nitrogens with one attached hydrogen (secondary N) is 2. The standard InChI is InChI=1S/C12H13ClN2S/c13-9-2-1-8-5-12(16-11(8)6-9)10-7-14-3-4-15-10/h1-2,5-6,10,14-15H,3-4,7H2. The van der Waals surface area contributed by atoms with E-state index in [9.17, 15) is 0 Å². The molecule has 1 aliphatic rings. The summed E-state index contributed by atoms with van der Waals surface area (Å²) in [6.45, 7) is 3.12. The van der Waals surface area contributed by atoms with Gasteiger partial charge in [-0.05, 0) is 23.6 Å². The van der Waals surface area contributed by atoms with Crippen molar-refractivity contribution in [3.63, 3.8) is 0 Å². The lowest BCUT2D eigenvalue weighted by Gasteiger charge is -2.23. The van der Waals surface area contributed by atoms with Crippen LogP contribution in [0.2, 0.25) is 5.02 Å². The predicted octanol–water partition coefficient (Wildman–Crippen LogP) is 2.79. The van der Waals surface area contributed by atoms with E-state index in [4.69, 9.17) is 11.6 Å². The third-order valence-corrected chi connectivity index (χ3v) is 4.33. The minimum atomic E-state index is 0.449. The van der Waals surface area contributed by atoms with Crippen LogP contribution in [-0.2, 0) is 0 Å². The molecule has 2 N–H and O–H groups in total. The van der Waals surface area contributed by atoms with Gasteiger partial charge in [0.25, 0.3) is 0 Å². The Labute approximate surface area is 104 Å². The highest BCUT2D eigenvalue weighted by atomic mass is 35.5.